The van der Waals surface area contributed by atoms with E-state index in [4.69, 9.17) is 14.6 Å². The number of benzene rings is 2. The number of aliphatic carboxylic acids is 1. The molecule has 4 rings (SSSR count). The molecular weight excluding hydrogens is 411 g/mol. The molecule has 0 amide bonds. The van der Waals surface area contributed by atoms with Gasteiger partial charge in [0.25, 0.3) is 0 Å². The summed E-state index contributed by atoms with van der Waals surface area (Å²) in [5, 5.41) is 18.7. The number of H-pyrrole nitrogens is 1. The molecule has 31 heavy (non-hydrogen) atoms. The number of hydrogen-bond donors (Lipinski definition) is 2. The summed E-state index contributed by atoms with van der Waals surface area (Å²) in [4.78, 5) is 16.7. The second-order valence-electron chi connectivity index (χ2n) is 6.53. The SMILES string of the molecule is COc1ccc(-c2cc(C#N)cc3c2[nH]c2c(C)nccc23)cc1.O=C(O)C(F)(F)F. The number of nitriles is 1. The maximum absolute atomic E-state index is 10.6. The molecule has 0 atom stereocenters. The van der Waals surface area contributed by atoms with E-state index < -0.39 is 12.1 Å². The number of methoxy groups -OCH3 is 1. The Morgan fingerprint density at radius 1 is 1.13 bits per heavy atom. The molecule has 0 spiro atoms. The van der Waals surface area contributed by atoms with E-state index in [1.807, 2.05) is 49.4 Å². The van der Waals surface area contributed by atoms with Crippen LogP contribution >= 0.6 is 0 Å². The minimum atomic E-state index is -5.08. The standard InChI is InChI=1S/C20H15N3O.C2HF3O2/c1-12-19-16(7-8-22-12)18-10-13(11-21)9-17(20(18)23-19)14-3-5-15(24-2)6-4-14;3-2(4,5)1(6)7/h3-10,23H,1-2H3;(H,6,7). The van der Waals surface area contributed by atoms with Crippen molar-refractivity contribution in [2.45, 2.75) is 13.1 Å². The number of ether oxygens (including phenoxy) is 1. The third-order valence-corrected chi connectivity index (χ3v) is 4.59. The van der Waals surface area contributed by atoms with Crippen LogP contribution in [0.5, 0.6) is 5.75 Å². The van der Waals surface area contributed by atoms with Crippen LogP contribution in [0, 0.1) is 18.3 Å². The summed E-state index contributed by atoms with van der Waals surface area (Å²) < 4.78 is 37.0. The van der Waals surface area contributed by atoms with Crippen LogP contribution in [0.25, 0.3) is 32.9 Å². The summed E-state index contributed by atoms with van der Waals surface area (Å²) in [6.45, 7) is 1.98. The van der Waals surface area contributed by atoms with Crippen molar-refractivity contribution in [2.75, 3.05) is 7.11 Å². The van der Waals surface area contributed by atoms with Crippen LogP contribution in [0.4, 0.5) is 13.2 Å². The maximum atomic E-state index is 10.6. The molecule has 0 fully saturated rings. The maximum Gasteiger partial charge on any atom is 0.490 e. The first-order valence-electron chi connectivity index (χ1n) is 8.91. The van der Waals surface area contributed by atoms with Gasteiger partial charge in [0.05, 0.1) is 35.5 Å². The fraction of sp³-hybridized carbons (Fsp3) is 0.136. The highest BCUT2D eigenvalue weighted by Gasteiger charge is 2.38. The van der Waals surface area contributed by atoms with Gasteiger partial charge in [-0.3, -0.25) is 4.98 Å². The number of rotatable bonds is 2. The van der Waals surface area contributed by atoms with Crippen molar-refractivity contribution in [3.8, 4) is 22.9 Å². The van der Waals surface area contributed by atoms with E-state index in [0.717, 1.165) is 44.4 Å². The van der Waals surface area contributed by atoms with E-state index in [0.29, 0.717) is 5.56 Å². The predicted molar refractivity (Wildman–Crippen MR) is 109 cm³/mol. The van der Waals surface area contributed by atoms with Crippen molar-refractivity contribution in [3.63, 3.8) is 0 Å². The average molecular weight is 427 g/mol. The number of aryl methyl sites for hydroxylation is 1. The van der Waals surface area contributed by atoms with E-state index in [2.05, 4.69) is 16.0 Å². The molecule has 2 heterocycles. The number of fused-ring (bicyclic) bond motifs is 3. The Labute approximate surface area is 174 Å². The van der Waals surface area contributed by atoms with E-state index in [-0.39, 0.29) is 0 Å². The van der Waals surface area contributed by atoms with Gasteiger partial charge in [-0.15, -0.1) is 0 Å². The van der Waals surface area contributed by atoms with E-state index >= 15 is 0 Å². The van der Waals surface area contributed by atoms with Crippen LogP contribution in [-0.4, -0.2) is 34.3 Å². The Kier molecular flexibility index (Phi) is 5.83. The van der Waals surface area contributed by atoms with Crippen LogP contribution in [0.1, 0.15) is 11.3 Å². The number of nitrogens with zero attached hydrogens (tertiary/aromatic N) is 2. The summed E-state index contributed by atoms with van der Waals surface area (Å²) in [6.07, 6.45) is -3.28. The van der Waals surface area contributed by atoms with Crippen molar-refractivity contribution < 1.29 is 27.8 Å². The molecule has 6 nitrogen and oxygen atoms in total. The van der Waals surface area contributed by atoms with E-state index in [1.54, 1.807) is 13.3 Å². The van der Waals surface area contributed by atoms with Crippen LogP contribution in [0.2, 0.25) is 0 Å². The number of halogens is 3. The topological polar surface area (TPSA) is 99.0 Å². The molecule has 9 heteroatoms. The molecule has 0 unspecified atom stereocenters. The molecule has 2 aromatic heterocycles. The summed E-state index contributed by atoms with van der Waals surface area (Å²) in [7, 11) is 1.65. The van der Waals surface area contributed by atoms with Gasteiger partial charge in [0.2, 0.25) is 0 Å². The quantitative estimate of drug-likeness (QED) is 0.458. The van der Waals surface area contributed by atoms with Gasteiger partial charge >= 0.3 is 12.1 Å². The van der Waals surface area contributed by atoms with E-state index in [9.17, 15) is 18.4 Å². The van der Waals surface area contributed by atoms with Gasteiger partial charge in [-0.25, -0.2) is 4.79 Å². The Morgan fingerprint density at radius 3 is 2.32 bits per heavy atom. The summed E-state index contributed by atoms with van der Waals surface area (Å²) in [5.74, 6) is -1.95. The third-order valence-electron chi connectivity index (χ3n) is 4.59. The van der Waals surface area contributed by atoms with Crippen LogP contribution in [-0.2, 0) is 4.79 Å². The number of carbonyl (C=O) groups is 1. The molecule has 2 N–H and O–H groups in total. The van der Waals surface area contributed by atoms with Gasteiger partial charge in [-0.2, -0.15) is 18.4 Å². The third kappa shape index (κ3) is 4.43. The normalized spacial score (nSPS) is 11.0. The largest absolute Gasteiger partial charge is 0.497 e. The minimum absolute atomic E-state index is 0.642. The molecule has 2 aromatic carbocycles. The second-order valence-corrected chi connectivity index (χ2v) is 6.53. The molecular formula is C22H16F3N3O3. The molecule has 158 valence electrons. The monoisotopic (exact) mass is 427 g/mol. The van der Waals surface area contributed by atoms with Gasteiger partial charge in [0, 0.05) is 22.5 Å². The molecule has 0 saturated carbocycles. The lowest BCUT2D eigenvalue weighted by Gasteiger charge is -2.06. The zero-order valence-corrected chi connectivity index (χ0v) is 16.4. The molecule has 0 radical (unpaired) electrons. The zero-order valence-electron chi connectivity index (χ0n) is 16.4. The number of nitrogens with one attached hydrogen (secondary N) is 1. The van der Waals surface area contributed by atoms with Crippen LogP contribution < -0.4 is 4.74 Å². The van der Waals surface area contributed by atoms with Gasteiger partial charge < -0.3 is 14.8 Å². The zero-order chi connectivity index (χ0) is 22.8. The highest BCUT2D eigenvalue weighted by Crippen LogP contribution is 2.35. The van der Waals surface area contributed by atoms with Gasteiger partial charge in [-0.05, 0) is 42.8 Å². The number of carboxylic acids is 1. The Balaban J connectivity index is 0.000000339. The fourth-order valence-corrected chi connectivity index (χ4v) is 3.13. The number of aromatic nitrogens is 2. The minimum Gasteiger partial charge on any atom is -0.497 e. The first kappa shape index (κ1) is 21.6. The fourth-order valence-electron chi connectivity index (χ4n) is 3.13. The number of hydrogen-bond acceptors (Lipinski definition) is 4. The molecule has 0 aliphatic carbocycles. The second kappa shape index (κ2) is 8.36. The molecule has 0 bridgehead atoms. The summed E-state index contributed by atoms with van der Waals surface area (Å²) in [6, 6.07) is 16.0. The smallest absolute Gasteiger partial charge is 0.490 e. The van der Waals surface area contributed by atoms with Crippen molar-refractivity contribution in [3.05, 3.63) is 59.9 Å². The lowest BCUT2D eigenvalue weighted by Crippen LogP contribution is -2.21. The van der Waals surface area contributed by atoms with Gasteiger partial charge in [-0.1, -0.05) is 12.1 Å². The predicted octanol–water partition coefficient (Wildman–Crippen LogP) is 5.21. The average Bonchev–Trinajstić information content (AvgIpc) is 3.13. The number of aromatic amines is 1. The van der Waals surface area contributed by atoms with Crippen LogP contribution in [0.15, 0.2) is 48.7 Å². The van der Waals surface area contributed by atoms with Crippen molar-refractivity contribution >= 4 is 27.8 Å². The van der Waals surface area contributed by atoms with Crippen LogP contribution in [0.3, 0.4) is 0 Å². The van der Waals surface area contributed by atoms with Crippen molar-refractivity contribution in [1.29, 1.82) is 5.26 Å². The lowest BCUT2D eigenvalue weighted by atomic mass is 9.99. The first-order chi connectivity index (χ1) is 14.7. The lowest BCUT2D eigenvalue weighted by molar-refractivity contribution is -0.192. The number of pyridine rings is 1. The molecule has 4 aromatic rings. The number of carboxylic acid groups (broad SMARTS) is 1. The van der Waals surface area contributed by atoms with Gasteiger partial charge in [0.15, 0.2) is 0 Å². The Hall–Kier alpha value is -4.06. The summed E-state index contributed by atoms with van der Waals surface area (Å²) >= 11 is 0. The Morgan fingerprint density at radius 2 is 1.77 bits per heavy atom. The highest BCUT2D eigenvalue weighted by molar-refractivity contribution is 6.12. The molecule has 0 aliphatic heterocycles. The van der Waals surface area contributed by atoms with Crippen molar-refractivity contribution in [1.82, 2.24) is 9.97 Å². The van der Waals surface area contributed by atoms with Gasteiger partial charge in [0.1, 0.15) is 5.75 Å². The molecule has 0 aliphatic rings. The summed E-state index contributed by atoms with van der Waals surface area (Å²) in [5.41, 5.74) is 5.66. The molecule has 0 saturated heterocycles. The number of alkyl halides is 3. The highest BCUT2D eigenvalue weighted by atomic mass is 19.4. The Bertz CT molecular complexity index is 1300. The first-order valence-corrected chi connectivity index (χ1v) is 8.91. The van der Waals surface area contributed by atoms with E-state index in [1.165, 1.54) is 0 Å². The van der Waals surface area contributed by atoms with Crippen molar-refractivity contribution in [2.24, 2.45) is 0 Å².